The first kappa shape index (κ1) is 11.0. The largest absolute Gasteiger partial charge is 0.396 e. The predicted octanol–water partition coefficient (Wildman–Crippen LogP) is 1.55. The Morgan fingerprint density at radius 2 is 1.93 bits per heavy atom. The van der Waals surface area contributed by atoms with Gasteiger partial charge in [-0.25, -0.2) is 0 Å². The van der Waals surface area contributed by atoms with Gasteiger partial charge in [0.05, 0.1) is 17.9 Å². The van der Waals surface area contributed by atoms with Gasteiger partial charge >= 0.3 is 0 Å². The lowest BCUT2D eigenvalue weighted by Crippen LogP contribution is -2.12. The van der Waals surface area contributed by atoms with Gasteiger partial charge in [0.2, 0.25) is 0 Å². The van der Waals surface area contributed by atoms with E-state index in [0.29, 0.717) is 6.04 Å². The third-order valence-electron chi connectivity index (χ3n) is 2.57. The highest BCUT2D eigenvalue weighted by atomic mass is 15.3. The molecule has 1 aliphatic rings. The molecule has 0 saturated heterocycles. The van der Waals surface area contributed by atoms with E-state index >= 15 is 0 Å². The first-order valence-corrected chi connectivity index (χ1v) is 5.23. The van der Waals surface area contributed by atoms with E-state index in [2.05, 4.69) is 10.8 Å². The standard InChI is InChI=1S/C9H15N3.CH5N/c10-8-6-11-12(7-8)9-4-2-1-3-5-9;1-2/h6-7,9H,1-5,10H2;2H2,1H3. The molecule has 80 valence electrons. The Balaban J connectivity index is 0.000000461. The maximum Gasteiger partial charge on any atom is 0.0719 e. The zero-order valence-corrected chi connectivity index (χ0v) is 8.82. The Labute approximate surface area is 85.3 Å². The fraction of sp³-hybridized carbons (Fsp3) is 0.700. The number of nitrogen functional groups attached to an aromatic ring is 1. The van der Waals surface area contributed by atoms with Crippen LogP contribution in [0.25, 0.3) is 0 Å². The Bertz CT molecular complexity index is 250. The number of anilines is 1. The predicted molar refractivity (Wildman–Crippen MR) is 58.9 cm³/mol. The van der Waals surface area contributed by atoms with Crippen molar-refractivity contribution in [3.05, 3.63) is 12.4 Å². The number of rotatable bonds is 1. The monoisotopic (exact) mass is 196 g/mol. The molecule has 14 heavy (non-hydrogen) atoms. The van der Waals surface area contributed by atoms with Crippen molar-refractivity contribution in [3.63, 3.8) is 0 Å². The van der Waals surface area contributed by atoms with Gasteiger partial charge in [-0.1, -0.05) is 19.3 Å². The minimum atomic E-state index is 0.607. The summed E-state index contributed by atoms with van der Waals surface area (Å²) in [6.07, 6.45) is 10.3. The Morgan fingerprint density at radius 3 is 2.43 bits per heavy atom. The maximum absolute atomic E-state index is 5.60. The van der Waals surface area contributed by atoms with E-state index in [4.69, 9.17) is 5.73 Å². The molecule has 0 bridgehead atoms. The van der Waals surface area contributed by atoms with E-state index in [1.807, 2.05) is 10.9 Å². The summed E-state index contributed by atoms with van der Waals surface area (Å²) in [5, 5.41) is 4.23. The van der Waals surface area contributed by atoms with E-state index in [1.165, 1.54) is 39.2 Å². The molecular formula is C10H20N4. The molecule has 1 saturated carbocycles. The lowest BCUT2D eigenvalue weighted by Gasteiger charge is -2.21. The average molecular weight is 196 g/mol. The molecule has 0 spiro atoms. The summed E-state index contributed by atoms with van der Waals surface area (Å²) in [6.45, 7) is 0. The molecule has 4 nitrogen and oxygen atoms in total. The quantitative estimate of drug-likeness (QED) is 0.716. The average Bonchev–Trinajstić information content (AvgIpc) is 2.69. The van der Waals surface area contributed by atoms with Crippen LogP contribution in [0.4, 0.5) is 5.69 Å². The molecule has 2 rings (SSSR count). The highest BCUT2D eigenvalue weighted by Gasteiger charge is 2.15. The SMILES string of the molecule is CN.Nc1cnn(C2CCCCC2)c1. The summed E-state index contributed by atoms with van der Waals surface area (Å²) in [5.74, 6) is 0. The lowest BCUT2D eigenvalue weighted by molar-refractivity contribution is 0.329. The Hall–Kier alpha value is -1.03. The van der Waals surface area contributed by atoms with E-state index in [1.54, 1.807) is 6.20 Å². The molecule has 1 aromatic heterocycles. The molecule has 0 amide bonds. The molecule has 1 aromatic rings. The second kappa shape index (κ2) is 5.65. The second-order valence-corrected chi connectivity index (χ2v) is 3.55. The summed E-state index contributed by atoms with van der Waals surface area (Å²) in [7, 11) is 1.50. The van der Waals surface area contributed by atoms with Crippen molar-refractivity contribution in [1.82, 2.24) is 9.78 Å². The summed E-state index contributed by atoms with van der Waals surface area (Å²) in [6, 6.07) is 0.607. The molecule has 0 aliphatic heterocycles. The smallest absolute Gasteiger partial charge is 0.0719 e. The number of hydrogen-bond acceptors (Lipinski definition) is 3. The molecule has 4 N–H and O–H groups in total. The van der Waals surface area contributed by atoms with Crippen LogP contribution in [0.3, 0.4) is 0 Å². The first-order chi connectivity index (χ1) is 6.86. The van der Waals surface area contributed by atoms with Gasteiger partial charge in [0.25, 0.3) is 0 Å². The highest BCUT2D eigenvalue weighted by Crippen LogP contribution is 2.27. The van der Waals surface area contributed by atoms with Crippen molar-refractivity contribution in [1.29, 1.82) is 0 Å². The zero-order valence-electron chi connectivity index (χ0n) is 8.82. The molecule has 1 fully saturated rings. The molecule has 1 aliphatic carbocycles. The van der Waals surface area contributed by atoms with Gasteiger partial charge in [0.15, 0.2) is 0 Å². The van der Waals surface area contributed by atoms with E-state index < -0.39 is 0 Å². The van der Waals surface area contributed by atoms with Crippen molar-refractivity contribution < 1.29 is 0 Å². The van der Waals surface area contributed by atoms with Gasteiger partial charge < -0.3 is 11.5 Å². The van der Waals surface area contributed by atoms with Crippen LogP contribution in [0, 0.1) is 0 Å². The van der Waals surface area contributed by atoms with Gasteiger partial charge in [0.1, 0.15) is 0 Å². The van der Waals surface area contributed by atoms with Crippen molar-refractivity contribution in [2.75, 3.05) is 12.8 Å². The number of nitrogens with zero attached hydrogens (tertiary/aromatic N) is 2. The van der Waals surface area contributed by atoms with Gasteiger partial charge in [0, 0.05) is 6.20 Å². The van der Waals surface area contributed by atoms with Crippen molar-refractivity contribution in [2.45, 2.75) is 38.1 Å². The van der Waals surface area contributed by atoms with Crippen molar-refractivity contribution in [3.8, 4) is 0 Å². The molecule has 0 atom stereocenters. The second-order valence-electron chi connectivity index (χ2n) is 3.55. The van der Waals surface area contributed by atoms with E-state index in [9.17, 15) is 0 Å². The molecule has 1 heterocycles. The van der Waals surface area contributed by atoms with Crippen LogP contribution in [-0.4, -0.2) is 16.8 Å². The minimum Gasteiger partial charge on any atom is -0.396 e. The Morgan fingerprint density at radius 1 is 1.29 bits per heavy atom. The van der Waals surface area contributed by atoms with Gasteiger partial charge in [-0.15, -0.1) is 0 Å². The highest BCUT2D eigenvalue weighted by molar-refractivity contribution is 5.30. The van der Waals surface area contributed by atoms with Gasteiger partial charge in [-0.3, -0.25) is 4.68 Å². The molecule has 0 unspecified atom stereocenters. The minimum absolute atomic E-state index is 0.607. The maximum atomic E-state index is 5.60. The topological polar surface area (TPSA) is 69.9 Å². The van der Waals surface area contributed by atoms with Crippen LogP contribution in [-0.2, 0) is 0 Å². The third kappa shape index (κ3) is 2.73. The van der Waals surface area contributed by atoms with E-state index in [0.717, 1.165) is 5.69 Å². The van der Waals surface area contributed by atoms with Crippen LogP contribution in [0.2, 0.25) is 0 Å². The van der Waals surface area contributed by atoms with E-state index in [-0.39, 0.29) is 0 Å². The number of nitrogens with two attached hydrogens (primary N) is 2. The number of hydrogen-bond donors (Lipinski definition) is 2. The first-order valence-electron chi connectivity index (χ1n) is 5.23. The van der Waals surface area contributed by atoms with Crippen LogP contribution >= 0.6 is 0 Å². The van der Waals surface area contributed by atoms with Gasteiger partial charge in [-0.05, 0) is 19.9 Å². The van der Waals surface area contributed by atoms with Crippen LogP contribution < -0.4 is 11.5 Å². The lowest BCUT2D eigenvalue weighted by atomic mass is 9.96. The molecule has 4 heteroatoms. The van der Waals surface area contributed by atoms with Crippen LogP contribution in [0.1, 0.15) is 38.1 Å². The fourth-order valence-electron chi connectivity index (χ4n) is 1.90. The zero-order chi connectivity index (χ0) is 10.4. The van der Waals surface area contributed by atoms with Crippen LogP contribution in [0.5, 0.6) is 0 Å². The van der Waals surface area contributed by atoms with Gasteiger partial charge in [-0.2, -0.15) is 5.10 Å². The number of aromatic nitrogens is 2. The summed E-state index contributed by atoms with van der Waals surface area (Å²) < 4.78 is 2.02. The molecule has 0 radical (unpaired) electrons. The summed E-state index contributed by atoms with van der Waals surface area (Å²) in [4.78, 5) is 0. The Kier molecular flexibility index (Phi) is 4.46. The van der Waals surface area contributed by atoms with Crippen LogP contribution in [0.15, 0.2) is 12.4 Å². The summed E-state index contributed by atoms with van der Waals surface area (Å²) >= 11 is 0. The van der Waals surface area contributed by atoms with Crippen molar-refractivity contribution >= 4 is 5.69 Å². The molecular weight excluding hydrogens is 176 g/mol. The normalized spacial score (nSPS) is 17.3. The fourth-order valence-corrected chi connectivity index (χ4v) is 1.90. The third-order valence-corrected chi connectivity index (χ3v) is 2.57. The summed E-state index contributed by atoms with van der Waals surface area (Å²) in [5.41, 5.74) is 10.9. The van der Waals surface area contributed by atoms with Crippen molar-refractivity contribution in [2.24, 2.45) is 5.73 Å². The molecule has 0 aromatic carbocycles.